The van der Waals surface area contributed by atoms with Gasteiger partial charge in [0, 0.05) is 0 Å². The molecule has 0 aromatic rings. The van der Waals surface area contributed by atoms with E-state index >= 15 is 0 Å². The van der Waals surface area contributed by atoms with Crippen LogP contribution in [-0.2, 0) is 0 Å². The molecule has 2 N–H and O–H groups in total. The lowest BCUT2D eigenvalue weighted by Gasteiger charge is -2.16. The van der Waals surface area contributed by atoms with E-state index in [4.69, 9.17) is 5.50 Å². The minimum Gasteiger partial charge on any atom is -0.205 e. The summed E-state index contributed by atoms with van der Waals surface area (Å²) in [5.41, 5.74) is 6.03. The Morgan fingerprint density at radius 2 is 1.89 bits per heavy atom. The smallest absolute Gasteiger partial charge is 0.0767 e. The minimum atomic E-state index is -0.980. The van der Waals surface area contributed by atoms with Gasteiger partial charge < -0.3 is 0 Å². The van der Waals surface area contributed by atoms with Crippen LogP contribution >= 0.6 is 7.41 Å². The van der Waals surface area contributed by atoms with Crippen molar-refractivity contribution in [1.29, 1.82) is 0 Å². The standard InChI is InChI=1S/C7H19NP/c1-5-9(4,8)6-7(2)3/h7H,5-6,8H2,1-4H3/q+1. The monoisotopic (exact) mass is 148 g/mol. The quantitative estimate of drug-likeness (QED) is 0.610. The molecule has 1 atom stereocenters. The van der Waals surface area contributed by atoms with E-state index in [9.17, 15) is 0 Å². The normalized spacial score (nSPS) is 18.0. The van der Waals surface area contributed by atoms with Crippen LogP contribution in [0.5, 0.6) is 0 Å². The summed E-state index contributed by atoms with van der Waals surface area (Å²) in [6.45, 7) is 8.89. The first-order valence-corrected chi connectivity index (χ1v) is 6.28. The molecule has 9 heavy (non-hydrogen) atoms. The van der Waals surface area contributed by atoms with Crippen LogP contribution in [0.15, 0.2) is 0 Å². The van der Waals surface area contributed by atoms with Crippen molar-refractivity contribution in [2.45, 2.75) is 20.8 Å². The maximum atomic E-state index is 6.03. The summed E-state index contributed by atoms with van der Waals surface area (Å²) in [5.74, 6) is 0.772. The molecule has 0 spiro atoms. The van der Waals surface area contributed by atoms with Crippen molar-refractivity contribution in [2.24, 2.45) is 11.4 Å². The molecule has 0 radical (unpaired) electrons. The Labute approximate surface area is 59.4 Å². The van der Waals surface area contributed by atoms with Crippen LogP contribution in [0.1, 0.15) is 20.8 Å². The summed E-state index contributed by atoms with van der Waals surface area (Å²) < 4.78 is 0. The van der Waals surface area contributed by atoms with Crippen LogP contribution in [0.25, 0.3) is 0 Å². The Balaban J connectivity index is 3.58. The fourth-order valence-corrected chi connectivity index (χ4v) is 2.89. The maximum absolute atomic E-state index is 6.03. The molecule has 0 amide bonds. The lowest BCUT2D eigenvalue weighted by Crippen LogP contribution is -2.13. The first kappa shape index (κ1) is 9.39. The van der Waals surface area contributed by atoms with Crippen molar-refractivity contribution in [3.8, 4) is 0 Å². The molecule has 56 valence electrons. The Morgan fingerprint density at radius 3 is 2.00 bits per heavy atom. The average molecular weight is 148 g/mol. The third-order valence-corrected chi connectivity index (χ3v) is 4.51. The van der Waals surface area contributed by atoms with Crippen LogP contribution in [0, 0.1) is 5.92 Å². The summed E-state index contributed by atoms with van der Waals surface area (Å²) in [7, 11) is -0.980. The first-order valence-electron chi connectivity index (χ1n) is 3.61. The molecule has 0 bridgehead atoms. The largest absolute Gasteiger partial charge is 0.205 e. The Hall–Kier alpha value is 0.390. The van der Waals surface area contributed by atoms with Gasteiger partial charge in [0.1, 0.15) is 0 Å². The Morgan fingerprint density at radius 1 is 1.44 bits per heavy atom. The van der Waals surface area contributed by atoms with E-state index in [0.717, 1.165) is 5.92 Å². The first-order chi connectivity index (χ1) is 3.98. The third-order valence-electron chi connectivity index (χ3n) is 1.50. The SMILES string of the molecule is CC[P+](C)(N)CC(C)C. The molecule has 0 aliphatic heterocycles. The summed E-state index contributed by atoms with van der Waals surface area (Å²) in [6.07, 6.45) is 2.43. The van der Waals surface area contributed by atoms with Crippen molar-refractivity contribution in [1.82, 2.24) is 0 Å². The van der Waals surface area contributed by atoms with Gasteiger partial charge in [0.2, 0.25) is 0 Å². The van der Waals surface area contributed by atoms with E-state index in [1.54, 1.807) is 0 Å². The molecule has 0 saturated carbocycles. The van der Waals surface area contributed by atoms with E-state index in [0.29, 0.717) is 0 Å². The molecule has 0 fully saturated rings. The van der Waals surface area contributed by atoms with Gasteiger partial charge in [-0.2, -0.15) is 0 Å². The van der Waals surface area contributed by atoms with Gasteiger partial charge in [-0.25, -0.2) is 5.50 Å². The van der Waals surface area contributed by atoms with Crippen molar-refractivity contribution >= 4 is 7.41 Å². The van der Waals surface area contributed by atoms with E-state index in [1.807, 2.05) is 0 Å². The second-order valence-electron chi connectivity index (χ2n) is 3.37. The van der Waals surface area contributed by atoms with Crippen LogP contribution < -0.4 is 5.50 Å². The molecule has 1 unspecified atom stereocenters. The molecule has 0 rings (SSSR count). The number of nitrogens with two attached hydrogens (primary N) is 1. The molecule has 0 aliphatic rings. The van der Waals surface area contributed by atoms with E-state index in [2.05, 4.69) is 27.4 Å². The van der Waals surface area contributed by atoms with Gasteiger partial charge in [0.15, 0.2) is 0 Å². The van der Waals surface area contributed by atoms with Crippen LogP contribution in [0.2, 0.25) is 0 Å². The summed E-state index contributed by atoms with van der Waals surface area (Å²) in [5, 5.41) is 0. The number of hydrogen-bond acceptors (Lipinski definition) is 1. The maximum Gasteiger partial charge on any atom is 0.0767 e. The summed E-state index contributed by atoms with van der Waals surface area (Å²) >= 11 is 0. The highest BCUT2D eigenvalue weighted by Gasteiger charge is 2.23. The highest BCUT2D eigenvalue weighted by molar-refractivity contribution is 7.72. The second-order valence-corrected chi connectivity index (χ2v) is 7.33. The van der Waals surface area contributed by atoms with Gasteiger partial charge in [-0.15, -0.1) is 0 Å². The predicted molar refractivity (Wildman–Crippen MR) is 47.3 cm³/mol. The Bertz CT molecular complexity index is 79.0. The van der Waals surface area contributed by atoms with Crippen molar-refractivity contribution < 1.29 is 0 Å². The topological polar surface area (TPSA) is 26.0 Å². The molecule has 0 saturated heterocycles. The minimum absolute atomic E-state index is 0.772. The van der Waals surface area contributed by atoms with Gasteiger partial charge in [0.25, 0.3) is 0 Å². The average Bonchev–Trinajstić information content (AvgIpc) is 1.63. The van der Waals surface area contributed by atoms with Gasteiger partial charge in [-0.3, -0.25) is 0 Å². The molecular formula is C7H19NP+. The van der Waals surface area contributed by atoms with E-state index in [-0.39, 0.29) is 0 Å². The Kier molecular flexibility index (Phi) is 3.68. The van der Waals surface area contributed by atoms with Gasteiger partial charge in [0.05, 0.1) is 26.4 Å². The molecular weight excluding hydrogens is 129 g/mol. The summed E-state index contributed by atoms with van der Waals surface area (Å²) in [6, 6.07) is 0. The lowest BCUT2D eigenvalue weighted by atomic mass is 10.3. The summed E-state index contributed by atoms with van der Waals surface area (Å²) in [4.78, 5) is 0. The van der Waals surface area contributed by atoms with E-state index < -0.39 is 7.41 Å². The van der Waals surface area contributed by atoms with E-state index in [1.165, 1.54) is 12.3 Å². The number of hydrogen-bond donors (Lipinski definition) is 1. The van der Waals surface area contributed by atoms with Crippen molar-refractivity contribution in [3.05, 3.63) is 0 Å². The molecule has 0 heterocycles. The van der Waals surface area contributed by atoms with Gasteiger partial charge >= 0.3 is 0 Å². The number of rotatable bonds is 3. The van der Waals surface area contributed by atoms with Crippen LogP contribution in [-0.4, -0.2) is 19.0 Å². The molecule has 0 aromatic heterocycles. The third kappa shape index (κ3) is 4.87. The molecule has 1 nitrogen and oxygen atoms in total. The fraction of sp³-hybridized carbons (Fsp3) is 1.00. The highest BCUT2D eigenvalue weighted by Crippen LogP contribution is 2.46. The predicted octanol–water partition coefficient (Wildman–Crippen LogP) is 2.18. The van der Waals surface area contributed by atoms with Crippen molar-refractivity contribution in [2.75, 3.05) is 19.0 Å². The highest BCUT2D eigenvalue weighted by atomic mass is 31.2. The van der Waals surface area contributed by atoms with Crippen molar-refractivity contribution in [3.63, 3.8) is 0 Å². The zero-order valence-corrected chi connectivity index (χ0v) is 7.91. The zero-order chi connectivity index (χ0) is 7.49. The fourth-order valence-electron chi connectivity index (χ4n) is 0.963. The van der Waals surface area contributed by atoms with Crippen LogP contribution in [0.3, 0.4) is 0 Å². The van der Waals surface area contributed by atoms with Crippen LogP contribution in [0.4, 0.5) is 0 Å². The van der Waals surface area contributed by atoms with Gasteiger partial charge in [-0.1, -0.05) is 13.8 Å². The second kappa shape index (κ2) is 3.53. The molecule has 2 heteroatoms. The lowest BCUT2D eigenvalue weighted by molar-refractivity contribution is 0.740. The zero-order valence-electron chi connectivity index (χ0n) is 7.02. The van der Waals surface area contributed by atoms with Gasteiger partial charge in [-0.05, 0) is 12.8 Å². The molecule has 0 aromatic carbocycles. The molecule has 0 aliphatic carbocycles.